The molecule has 0 aliphatic carbocycles. The number of amides is 1. The van der Waals surface area contributed by atoms with E-state index in [4.69, 9.17) is 4.42 Å². The molecule has 0 spiro atoms. The normalized spacial score (nSPS) is 10.3. The summed E-state index contributed by atoms with van der Waals surface area (Å²) < 4.78 is 5.39. The Hall–Kier alpha value is -3.14. The van der Waals surface area contributed by atoms with Crippen molar-refractivity contribution in [3.63, 3.8) is 0 Å². The summed E-state index contributed by atoms with van der Waals surface area (Å²) in [4.78, 5) is 22.8. The molecule has 23 heavy (non-hydrogen) atoms. The molecule has 1 heterocycles. The van der Waals surface area contributed by atoms with Crippen LogP contribution in [-0.4, -0.2) is 12.2 Å². The Kier molecular flexibility index (Phi) is 4.34. The van der Waals surface area contributed by atoms with E-state index >= 15 is 0 Å². The van der Waals surface area contributed by atoms with Crippen LogP contribution in [0.2, 0.25) is 0 Å². The van der Waals surface area contributed by atoms with Gasteiger partial charge in [0.25, 0.3) is 0 Å². The van der Waals surface area contributed by atoms with Gasteiger partial charge in [0, 0.05) is 11.3 Å². The van der Waals surface area contributed by atoms with Crippen LogP contribution in [0.15, 0.2) is 71.1 Å². The van der Waals surface area contributed by atoms with Crippen LogP contribution in [0.4, 0.5) is 5.69 Å². The first-order valence-corrected chi connectivity index (χ1v) is 7.24. The molecule has 0 saturated heterocycles. The van der Waals surface area contributed by atoms with Crippen molar-refractivity contribution in [2.75, 3.05) is 5.32 Å². The van der Waals surface area contributed by atoms with Crippen LogP contribution in [0.25, 0.3) is 11.3 Å². The molecule has 1 N–H and O–H groups in total. The molecule has 0 bridgehead atoms. The molecule has 1 amide bonds. The minimum Gasteiger partial charge on any atom is -0.453 e. The lowest BCUT2D eigenvalue weighted by Crippen LogP contribution is -2.14. The minimum absolute atomic E-state index is 0.0821. The summed E-state index contributed by atoms with van der Waals surface area (Å²) in [5, 5.41) is 2.87. The minimum atomic E-state index is -0.0821. The van der Waals surface area contributed by atoms with E-state index in [1.54, 1.807) is 12.1 Å². The summed E-state index contributed by atoms with van der Waals surface area (Å²) >= 11 is 0. The maximum absolute atomic E-state index is 12.1. The highest BCUT2D eigenvalue weighted by Crippen LogP contribution is 2.24. The fraction of sp³-hybridized carbons (Fsp3) is 0.0526. The first-order valence-electron chi connectivity index (χ1n) is 7.24. The molecule has 0 aliphatic rings. The highest BCUT2D eigenvalue weighted by Gasteiger charge is 2.07. The van der Waals surface area contributed by atoms with Crippen LogP contribution in [0.1, 0.15) is 16.1 Å². The number of aldehydes is 1. The van der Waals surface area contributed by atoms with Gasteiger partial charge in [-0.15, -0.1) is 0 Å². The lowest BCUT2D eigenvalue weighted by Gasteiger charge is -2.07. The van der Waals surface area contributed by atoms with Crippen molar-refractivity contribution in [2.45, 2.75) is 6.42 Å². The molecule has 0 fully saturated rings. The molecule has 3 rings (SSSR count). The van der Waals surface area contributed by atoms with Crippen LogP contribution < -0.4 is 5.32 Å². The zero-order valence-corrected chi connectivity index (χ0v) is 12.4. The quantitative estimate of drug-likeness (QED) is 0.726. The number of anilines is 1. The smallest absolute Gasteiger partial charge is 0.228 e. The molecule has 2 aromatic carbocycles. The summed E-state index contributed by atoms with van der Waals surface area (Å²) in [5.74, 6) is 0.783. The number of furan rings is 1. The summed E-state index contributed by atoms with van der Waals surface area (Å²) in [7, 11) is 0. The lowest BCUT2D eigenvalue weighted by atomic mass is 10.1. The summed E-state index contributed by atoms with van der Waals surface area (Å²) in [6, 6.07) is 20.2. The Bertz CT molecular complexity index is 821. The zero-order valence-electron chi connectivity index (χ0n) is 12.4. The molecule has 0 radical (unpaired) electrons. The van der Waals surface area contributed by atoms with Crippen LogP contribution in [0.3, 0.4) is 0 Å². The maximum atomic E-state index is 12.1. The van der Waals surface area contributed by atoms with Crippen LogP contribution in [-0.2, 0) is 11.2 Å². The average molecular weight is 305 g/mol. The van der Waals surface area contributed by atoms with Gasteiger partial charge in [-0.25, -0.2) is 0 Å². The van der Waals surface area contributed by atoms with Crippen LogP contribution in [0, 0.1) is 0 Å². The van der Waals surface area contributed by atoms with Crippen molar-refractivity contribution in [2.24, 2.45) is 0 Å². The second-order valence-corrected chi connectivity index (χ2v) is 5.11. The SMILES string of the molecule is O=Cc1ccc(-c2cccc(NC(=O)Cc3ccccc3)c2)o1. The topological polar surface area (TPSA) is 59.3 Å². The molecule has 3 aromatic rings. The third-order valence-corrected chi connectivity index (χ3v) is 3.38. The van der Waals surface area contributed by atoms with Gasteiger partial charge in [-0.3, -0.25) is 9.59 Å². The van der Waals surface area contributed by atoms with E-state index < -0.39 is 0 Å². The van der Waals surface area contributed by atoms with Gasteiger partial charge in [-0.1, -0.05) is 42.5 Å². The van der Waals surface area contributed by atoms with E-state index in [9.17, 15) is 9.59 Å². The van der Waals surface area contributed by atoms with Crippen molar-refractivity contribution in [3.8, 4) is 11.3 Å². The monoisotopic (exact) mass is 305 g/mol. The Labute approximate surface area is 133 Å². The van der Waals surface area contributed by atoms with E-state index in [1.807, 2.05) is 54.6 Å². The number of carbonyl (C=O) groups excluding carboxylic acids is 2. The molecular weight excluding hydrogens is 290 g/mol. The zero-order chi connectivity index (χ0) is 16.1. The largest absolute Gasteiger partial charge is 0.453 e. The average Bonchev–Trinajstić information content (AvgIpc) is 3.05. The first kappa shape index (κ1) is 14.8. The van der Waals surface area contributed by atoms with Crippen molar-refractivity contribution >= 4 is 17.9 Å². The van der Waals surface area contributed by atoms with E-state index in [0.29, 0.717) is 24.2 Å². The Morgan fingerprint density at radius 3 is 2.57 bits per heavy atom. The van der Waals surface area contributed by atoms with E-state index in [1.165, 1.54) is 0 Å². The van der Waals surface area contributed by atoms with Crippen molar-refractivity contribution in [3.05, 3.63) is 78.1 Å². The van der Waals surface area contributed by atoms with Gasteiger partial charge >= 0.3 is 0 Å². The fourth-order valence-electron chi connectivity index (χ4n) is 2.31. The number of nitrogens with one attached hydrogen (secondary N) is 1. The third kappa shape index (κ3) is 3.74. The molecule has 0 aliphatic heterocycles. The predicted octanol–water partition coefficient (Wildman–Crippen LogP) is 3.94. The van der Waals surface area contributed by atoms with Gasteiger partial charge < -0.3 is 9.73 Å². The van der Waals surface area contributed by atoms with E-state index in [-0.39, 0.29) is 11.7 Å². The molecule has 0 atom stereocenters. The first-order chi connectivity index (χ1) is 11.2. The molecular formula is C19H15NO3. The van der Waals surface area contributed by atoms with Crippen molar-refractivity contribution in [1.82, 2.24) is 0 Å². The van der Waals surface area contributed by atoms with Crippen molar-refractivity contribution in [1.29, 1.82) is 0 Å². The van der Waals surface area contributed by atoms with E-state index in [0.717, 1.165) is 11.1 Å². The van der Waals surface area contributed by atoms with E-state index in [2.05, 4.69) is 5.32 Å². The highest BCUT2D eigenvalue weighted by molar-refractivity contribution is 5.92. The summed E-state index contributed by atoms with van der Waals surface area (Å²) in [6.07, 6.45) is 0.982. The van der Waals surface area contributed by atoms with Gasteiger partial charge in [0.15, 0.2) is 12.0 Å². The number of hydrogen-bond donors (Lipinski definition) is 1. The highest BCUT2D eigenvalue weighted by atomic mass is 16.3. The number of carbonyl (C=O) groups is 2. The summed E-state index contributed by atoms with van der Waals surface area (Å²) in [5.41, 5.74) is 2.45. The molecule has 4 nitrogen and oxygen atoms in total. The van der Waals surface area contributed by atoms with Gasteiger partial charge in [-0.05, 0) is 29.8 Å². The van der Waals surface area contributed by atoms with Crippen LogP contribution in [0.5, 0.6) is 0 Å². The Morgan fingerprint density at radius 1 is 1.00 bits per heavy atom. The van der Waals surface area contributed by atoms with Gasteiger partial charge in [0.1, 0.15) is 5.76 Å². The molecule has 4 heteroatoms. The maximum Gasteiger partial charge on any atom is 0.228 e. The predicted molar refractivity (Wildman–Crippen MR) is 88.3 cm³/mol. The lowest BCUT2D eigenvalue weighted by molar-refractivity contribution is -0.115. The Balaban J connectivity index is 1.72. The number of hydrogen-bond acceptors (Lipinski definition) is 3. The van der Waals surface area contributed by atoms with Gasteiger partial charge in [0.2, 0.25) is 5.91 Å². The second-order valence-electron chi connectivity index (χ2n) is 5.11. The second kappa shape index (κ2) is 6.75. The molecule has 0 unspecified atom stereocenters. The standard InChI is InChI=1S/C19H15NO3/c21-13-17-9-10-18(23-17)15-7-4-8-16(12-15)20-19(22)11-14-5-2-1-3-6-14/h1-10,12-13H,11H2,(H,20,22). The third-order valence-electron chi connectivity index (χ3n) is 3.38. The number of benzene rings is 2. The summed E-state index contributed by atoms with van der Waals surface area (Å²) in [6.45, 7) is 0. The molecule has 1 aromatic heterocycles. The molecule has 114 valence electrons. The van der Waals surface area contributed by atoms with Gasteiger partial charge in [0.05, 0.1) is 6.42 Å². The fourth-order valence-corrected chi connectivity index (χ4v) is 2.31. The molecule has 0 saturated carbocycles. The number of rotatable bonds is 5. The Morgan fingerprint density at radius 2 is 1.83 bits per heavy atom. The van der Waals surface area contributed by atoms with Crippen LogP contribution >= 0.6 is 0 Å². The van der Waals surface area contributed by atoms with Crippen molar-refractivity contribution < 1.29 is 14.0 Å². The van der Waals surface area contributed by atoms with Gasteiger partial charge in [-0.2, -0.15) is 0 Å².